The van der Waals surface area contributed by atoms with Crippen LogP contribution in [0.2, 0.25) is 0 Å². The number of carboxylic acid groups (broad SMARTS) is 1. The molecule has 1 saturated heterocycles. The van der Waals surface area contributed by atoms with Gasteiger partial charge in [-0.25, -0.2) is 4.39 Å². The van der Waals surface area contributed by atoms with Gasteiger partial charge < -0.3 is 14.9 Å². The number of carboxylic acids is 1. The first-order valence-electron chi connectivity index (χ1n) is 6.52. The summed E-state index contributed by atoms with van der Waals surface area (Å²) in [5.74, 6) is -1.31. The zero-order valence-electron chi connectivity index (χ0n) is 11.3. The van der Waals surface area contributed by atoms with Gasteiger partial charge in [0.1, 0.15) is 11.6 Å². The first-order chi connectivity index (χ1) is 9.49. The predicted molar refractivity (Wildman–Crippen MR) is 70.0 cm³/mol. The number of phenolic OH excluding ortho intramolecular Hbond substituents is 1. The summed E-state index contributed by atoms with van der Waals surface area (Å²) in [6, 6.07) is 3.23. The molecule has 20 heavy (non-hydrogen) atoms. The summed E-state index contributed by atoms with van der Waals surface area (Å²) < 4.78 is 18.6. The van der Waals surface area contributed by atoms with Gasteiger partial charge in [-0.1, -0.05) is 0 Å². The highest BCUT2D eigenvalue weighted by Gasteiger charge is 2.30. The maximum Gasteiger partial charge on any atom is 0.305 e. The summed E-state index contributed by atoms with van der Waals surface area (Å²) >= 11 is 0. The Kier molecular flexibility index (Phi) is 4.57. The normalized spacial score (nSPS) is 21.6. The second-order valence-corrected chi connectivity index (χ2v) is 4.94. The van der Waals surface area contributed by atoms with Crippen LogP contribution in [-0.2, 0) is 9.53 Å². The van der Waals surface area contributed by atoms with Crippen LogP contribution in [0.4, 0.5) is 4.39 Å². The molecule has 5 nitrogen and oxygen atoms in total. The predicted octanol–water partition coefficient (Wildman–Crippen LogP) is 1.77. The number of benzene rings is 1. The third-order valence-corrected chi connectivity index (χ3v) is 3.62. The van der Waals surface area contributed by atoms with Gasteiger partial charge in [-0.15, -0.1) is 0 Å². The Balaban J connectivity index is 2.22. The fourth-order valence-electron chi connectivity index (χ4n) is 2.59. The number of ether oxygens (including phenoxy) is 1. The molecule has 1 aliphatic rings. The molecule has 1 heterocycles. The van der Waals surface area contributed by atoms with Crippen molar-refractivity contribution in [3.63, 3.8) is 0 Å². The van der Waals surface area contributed by atoms with Crippen molar-refractivity contribution in [2.75, 3.05) is 19.8 Å². The van der Waals surface area contributed by atoms with Crippen LogP contribution in [0.25, 0.3) is 0 Å². The molecule has 0 spiro atoms. The Hall–Kier alpha value is -1.66. The fraction of sp³-hybridized carbons (Fsp3) is 0.500. The molecule has 2 N–H and O–H groups in total. The van der Waals surface area contributed by atoms with Gasteiger partial charge in [0, 0.05) is 24.2 Å². The fourth-order valence-corrected chi connectivity index (χ4v) is 2.59. The third-order valence-electron chi connectivity index (χ3n) is 3.62. The van der Waals surface area contributed by atoms with Crippen molar-refractivity contribution < 1.29 is 24.1 Å². The molecule has 0 aliphatic carbocycles. The number of phenols is 1. The van der Waals surface area contributed by atoms with Gasteiger partial charge in [0.2, 0.25) is 0 Å². The average molecular weight is 283 g/mol. The molecule has 0 saturated carbocycles. The molecule has 1 aliphatic heterocycles. The monoisotopic (exact) mass is 283 g/mol. The van der Waals surface area contributed by atoms with Crippen LogP contribution < -0.4 is 0 Å². The van der Waals surface area contributed by atoms with E-state index in [1.54, 1.807) is 0 Å². The molecule has 110 valence electrons. The highest BCUT2D eigenvalue weighted by Crippen LogP contribution is 2.31. The molecule has 2 unspecified atom stereocenters. The van der Waals surface area contributed by atoms with Crippen LogP contribution in [0.3, 0.4) is 0 Å². The Labute approximate surface area is 116 Å². The van der Waals surface area contributed by atoms with Crippen LogP contribution in [0.15, 0.2) is 18.2 Å². The molecule has 2 atom stereocenters. The van der Waals surface area contributed by atoms with Crippen molar-refractivity contribution in [1.82, 2.24) is 4.90 Å². The molecule has 1 aromatic rings. The van der Waals surface area contributed by atoms with Crippen molar-refractivity contribution in [3.05, 3.63) is 29.6 Å². The lowest BCUT2D eigenvalue weighted by atomic mass is 10.0. The number of aliphatic carboxylic acids is 1. The highest BCUT2D eigenvalue weighted by atomic mass is 19.1. The summed E-state index contributed by atoms with van der Waals surface area (Å²) in [4.78, 5) is 12.8. The number of halogens is 1. The van der Waals surface area contributed by atoms with Crippen molar-refractivity contribution in [2.45, 2.75) is 25.4 Å². The number of aromatic hydroxyl groups is 1. The van der Waals surface area contributed by atoms with Crippen molar-refractivity contribution in [3.8, 4) is 5.75 Å². The van der Waals surface area contributed by atoms with Gasteiger partial charge in [0.25, 0.3) is 0 Å². The zero-order valence-corrected chi connectivity index (χ0v) is 11.3. The maximum atomic E-state index is 13.3. The molecular weight excluding hydrogens is 265 g/mol. The molecule has 0 bridgehead atoms. The van der Waals surface area contributed by atoms with E-state index in [0.717, 1.165) is 0 Å². The van der Waals surface area contributed by atoms with E-state index >= 15 is 0 Å². The van der Waals surface area contributed by atoms with E-state index in [1.807, 2.05) is 11.8 Å². The molecule has 0 aromatic heterocycles. The number of nitrogens with zero attached hydrogens (tertiary/aromatic N) is 1. The minimum Gasteiger partial charge on any atom is -0.508 e. The van der Waals surface area contributed by atoms with E-state index < -0.39 is 11.8 Å². The minimum absolute atomic E-state index is 0.0134. The molecule has 2 rings (SSSR count). The molecular formula is C14H18FNO4. The topological polar surface area (TPSA) is 70.0 Å². The first-order valence-corrected chi connectivity index (χ1v) is 6.52. The van der Waals surface area contributed by atoms with Crippen molar-refractivity contribution in [1.29, 1.82) is 0 Å². The van der Waals surface area contributed by atoms with Crippen molar-refractivity contribution >= 4 is 5.97 Å². The molecule has 1 fully saturated rings. The lowest BCUT2D eigenvalue weighted by Crippen LogP contribution is -2.47. The van der Waals surface area contributed by atoms with Gasteiger partial charge in [-0.05, 0) is 25.1 Å². The summed E-state index contributed by atoms with van der Waals surface area (Å²) in [6.07, 6.45) is -0.0413. The van der Waals surface area contributed by atoms with Crippen LogP contribution in [0, 0.1) is 5.82 Å². The van der Waals surface area contributed by atoms with Crippen LogP contribution in [0.1, 0.15) is 24.9 Å². The largest absolute Gasteiger partial charge is 0.508 e. The Bertz CT molecular complexity index is 494. The van der Waals surface area contributed by atoms with Gasteiger partial charge in [-0.2, -0.15) is 0 Å². The Morgan fingerprint density at radius 3 is 3.05 bits per heavy atom. The summed E-state index contributed by atoms with van der Waals surface area (Å²) in [7, 11) is 0. The van der Waals surface area contributed by atoms with E-state index in [0.29, 0.717) is 25.3 Å². The lowest BCUT2D eigenvalue weighted by molar-refractivity contribution is -0.140. The van der Waals surface area contributed by atoms with Crippen LogP contribution in [-0.4, -0.2) is 46.9 Å². The van der Waals surface area contributed by atoms with E-state index in [1.165, 1.54) is 18.2 Å². The van der Waals surface area contributed by atoms with Crippen molar-refractivity contribution in [2.24, 2.45) is 0 Å². The average Bonchev–Trinajstić information content (AvgIpc) is 2.41. The van der Waals surface area contributed by atoms with E-state index in [2.05, 4.69) is 0 Å². The Morgan fingerprint density at radius 1 is 1.60 bits per heavy atom. The summed E-state index contributed by atoms with van der Waals surface area (Å²) in [5, 5.41) is 18.8. The maximum absolute atomic E-state index is 13.3. The standard InChI is InChI=1S/C14H18FNO4/c1-9(12-6-10(15)2-3-13(12)17)16-4-5-20-8-11(16)7-14(18)19/h2-3,6,9,11,17H,4-5,7-8H2,1H3,(H,18,19). The van der Waals surface area contributed by atoms with E-state index in [-0.39, 0.29) is 24.3 Å². The SMILES string of the molecule is CC(c1cc(F)ccc1O)N1CCOCC1CC(=O)O. The first kappa shape index (κ1) is 14.7. The lowest BCUT2D eigenvalue weighted by Gasteiger charge is -2.39. The summed E-state index contributed by atoms with van der Waals surface area (Å²) in [6.45, 7) is 3.20. The number of carbonyl (C=O) groups is 1. The van der Waals surface area contributed by atoms with Crippen LogP contribution in [0.5, 0.6) is 5.75 Å². The van der Waals surface area contributed by atoms with E-state index in [9.17, 15) is 14.3 Å². The van der Waals surface area contributed by atoms with Crippen LogP contribution >= 0.6 is 0 Å². The smallest absolute Gasteiger partial charge is 0.305 e. The highest BCUT2D eigenvalue weighted by molar-refractivity contribution is 5.67. The number of morpholine rings is 1. The van der Waals surface area contributed by atoms with E-state index in [4.69, 9.17) is 9.84 Å². The second kappa shape index (κ2) is 6.19. The second-order valence-electron chi connectivity index (χ2n) is 4.94. The Morgan fingerprint density at radius 2 is 2.35 bits per heavy atom. The number of rotatable bonds is 4. The molecule has 1 aromatic carbocycles. The number of hydrogen-bond acceptors (Lipinski definition) is 4. The van der Waals surface area contributed by atoms with Gasteiger partial charge >= 0.3 is 5.97 Å². The van der Waals surface area contributed by atoms with Gasteiger partial charge in [0.05, 0.1) is 19.6 Å². The van der Waals surface area contributed by atoms with Gasteiger partial charge in [-0.3, -0.25) is 9.69 Å². The molecule has 0 radical (unpaired) electrons. The minimum atomic E-state index is -0.902. The quantitative estimate of drug-likeness (QED) is 0.881. The van der Waals surface area contributed by atoms with Gasteiger partial charge in [0.15, 0.2) is 0 Å². The molecule has 6 heteroatoms. The third kappa shape index (κ3) is 3.26. The number of hydrogen-bond donors (Lipinski definition) is 2. The summed E-state index contributed by atoms with van der Waals surface area (Å²) in [5.41, 5.74) is 0.460. The molecule has 0 amide bonds. The zero-order chi connectivity index (χ0) is 14.7.